The average molecular weight is 197 g/mol. The van der Waals surface area contributed by atoms with Gasteiger partial charge in [-0.1, -0.05) is 30.7 Å². The van der Waals surface area contributed by atoms with E-state index in [2.05, 4.69) is 26.0 Å². The van der Waals surface area contributed by atoms with Crippen molar-refractivity contribution in [2.75, 3.05) is 0 Å². The highest BCUT2D eigenvalue weighted by atomic mass is 35.5. The molecule has 3 unspecified atom stereocenters. The van der Waals surface area contributed by atoms with E-state index in [9.17, 15) is 0 Å². The van der Waals surface area contributed by atoms with Crippen molar-refractivity contribution in [1.82, 2.24) is 0 Å². The molecule has 1 nitrogen and oxygen atoms in total. The molecular weight excluding hydrogens is 184 g/mol. The van der Waals surface area contributed by atoms with Crippen LogP contribution < -0.4 is 0 Å². The molecule has 1 fully saturated rings. The Morgan fingerprint density at radius 3 is 2.31 bits per heavy atom. The summed E-state index contributed by atoms with van der Waals surface area (Å²) in [5.41, 5.74) is 1.30. The van der Waals surface area contributed by atoms with Crippen LogP contribution in [-0.2, 0) is 4.74 Å². The maximum absolute atomic E-state index is 5.81. The van der Waals surface area contributed by atoms with Crippen molar-refractivity contribution < 1.29 is 4.74 Å². The summed E-state index contributed by atoms with van der Waals surface area (Å²) in [5, 5.41) is 0.792. The van der Waals surface area contributed by atoms with Crippen LogP contribution in [0, 0.1) is 0 Å². The SMILES string of the molecule is CC1OC1C(C)c1ccc(Cl)cc1. The van der Waals surface area contributed by atoms with Crippen LogP contribution in [0.5, 0.6) is 0 Å². The number of rotatable bonds is 2. The molecule has 2 rings (SSSR count). The van der Waals surface area contributed by atoms with Crippen LogP contribution in [0.2, 0.25) is 5.02 Å². The van der Waals surface area contributed by atoms with Gasteiger partial charge in [0.25, 0.3) is 0 Å². The summed E-state index contributed by atoms with van der Waals surface area (Å²) in [6.07, 6.45) is 0.826. The predicted octanol–water partition coefficient (Wildman–Crippen LogP) is 3.23. The lowest BCUT2D eigenvalue weighted by Crippen LogP contribution is -2.03. The Bertz CT molecular complexity index is 293. The molecule has 2 heteroatoms. The van der Waals surface area contributed by atoms with Gasteiger partial charge in [-0.2, -0.15) is 0 Å². The van der Waals surface area contributed by atoms with Crippen LogP contribution in [0.25, 0.3) is 0 Å². The molecule has 1 aromatic rings. The van der Waals surface area contributed by atoms with Crippen LogP contribution in [0.1, 0.15) is 25.3 Å². The van der Waals surface area contributed by atoms with E-state index >= 15 is 0 Å². The van der Waals surface area contributed by atoms with Crippen LogP contribution in [0.15, 0.2) is 24.3 Å². The fourth-order valence-electron chi connectivity index (χ4n) is 1.68. The molecule has 1 saturated heterocycles. The van der Waals surface area contributed by atoms with E-state index in [0.717, 1.165) is 5.02 Å². The lowest BCUT2D eigenvalue weighted by atomic mass is 9.96. The second-order valence-electron chi connectivity index (χ2n) is 3.65. The zero-order chi connectivity index (χ0) is 9.42. The van der Waals surface area contributed by atoms with Gasteiger partial charge in [0.15, 0.2) is 0 Å². The van der Waals surface area contributed by atoms with E-state index in [4.69, 9.17) is 16.3 Å². The van der Waals surface area contributed by atoms with Gasteiger partial charge in [-0.25, -0.2) is 0 Å². The number of ether oxygens (including phenoxy) is 1. The van der Waals surface area contributed by atoms with Gasteiger partial charge in [0.2, 0.25) is 0 Å². The Balaban J connectivity index is 2.12. The molecule has 1 heterocycles. The molecule has 0 radical (unpaired) electrons. The van der Waals surface area contributed by atoms with Crippen molar-refractivity contribution in [2.45, 2.75) is 32.0 Å². The van der Waals surface area contributed by atoms with Gasteiger partial charge in [-0.05, 0) is 24.6 Å². The molecule has 0 N–H and O–H groups in total. The fourth-order valence-corrected chi connectivity index (χ4v) is 1.81. The zero-order valence-electron chi connectivity index (χ0n) is 7.83. The van der Waals surface area contributed by atoms with Gasteiger partial charge in [0.1, 0.15) is 0 Å². The average Bonchev–Trinajstić information content (AvgIpc) is 2.83. The van der Waals surface area contributed by atoms with Crippen molar-refractivity contribution >= 4 is 11.6 Å². The maximum atomic E-state index is 5.81. The first-order chi connectivity index (χ1) is 6.18. The molecule has 0 saturated carbocycles. The van der Waals surface area contributed by atoms with Crippen LogP contribution in [0.4, 0.5) is 0 Å². The minimum absolute atomic E-state index is 0.404. The highest BCUT2D eigenvalue weighted by Gasteiger charge is 2.39. The number of epoxide rings is 1. The van der Waals surface area contributed by atoms with Crippen molar-refractivity contribution in [3.05, 3.63) is 34.9 Å². The van der Waals surface area contributed by atoms with E-state index in [1.165, 1.54) is 5.56 Å². The van der Waals surface area contributed by atoms with Crippen LogP contribution >= 0.6 is 11.6 Å². The van der Waals surface area contributed by atoms with Crippen LogP contribution in [-0.4, -0.2) is 12.2 Å². The molecule has 0 aliphatic carbocycles. The van der Waals surface area contributed by atoms with E-state index in [1.54, 1.807) is 0 Å². The number of hydrogen-bond acceptors (Lipinski definition) is 1. The summed E-state index contributed by atoms with van der Waals surface area (Å²) in [5.74, 6) is 0.479. The summed E-state index contributed by atoms with van der Waals surface area (Å²) in [4.78, 5) is 0. The predicted molar refractivity (Wildman–Crippen MR) is 54.2 cm³/mol. The van der Waals surface area contributed by atoms with E-state index < -0.39 is 0 Å². The molecule has 0 amide bonds. The summed E-state index contributed by atoms with van der Waals surface area (Å²) < 4.78 is 5.43. The quantitative estimate of drug-likeness (QED) is 0.662. The molecule has 0 bridgehead atoms. The van der Waals surface area contributed by atoms with Crippen LogP contribution in [0.3, 0.4) is 0 Å². The number of hydrogen-bond donors (Lipinski definition) is 0. The summed E-state index contributed by atoms with van der Waals surface area (Å²) >= 11 is 5.81. The second kappa shape index (κ2) is 3.32. The monoisotopic (exact) mass is 196 g/mol. The minimum Gasteiger partial charge on any atom is -0.369 e. The Morgan fingerprint density at radius 2 is 1.85 bits per heavy atom. The van der Waals surface area contributed by atoms with E-state index in [1.807, 2.05) is 12.1 Å². The first-order valence-electron chi connectivity index (χ1n) is 4.59. The maximum Gasteiger partial charge on any atom is 0.0904 e. The van der Waals surface area contributed by atoms with Crippen molar-refractivity contribution in [1.29, 1.82) is 0 Å². The Labute approximate surface area is 83.7 Å². The standard InChI is InChI=1S/C11H13ClO/c1-7(11-8(2)13-11)9-3-5-10(12)6-4-9/h3-8,11H,1-2H3. The first-order valence-corrected chi connectivity index (χ1v) is 4.97. The van der Waals surface area contributed by atoms with Gasteiger partial charge in [-0.15, -0.1) is 0 Å². The molecule has 1 aliphatic rings. The van der Waals surface area contributed by atoms with E-state index in [-0.39, 0.29) is 0 Å². The van der Waals surface area contributed by atoms with Gasteiger partial charge < -0.3 is 4.74 Å². The number of halogens is 1. The smallest absolute Gasteiger partial charge is 0.0904 e. The van der Waals surface area contributed by atoms with Crippen molar-refractivity contribution in [3.8, 4) is 0 Å². The molecule has 3 atom stereocenters. The Hall–Kier alpha value is -0.530. The summed E-state index contributed by atoms with van der Waals surface area (Å²) in [6.45, 7) is 4.30. The third-order valence-electron chi connectivity index (χ3n) is 2.65. The molecule has 1 aliphatic heterocycles. The fraction of sp³-hybridized carbons (Fsp3) is 0.455. The van der Waals surface area contributed by atoms with Gasteiger partial charge in [0, 0.05) is 10.9 Å². The van der Waals surface area contributed by atoms with Crippen molar-refractivity contribution in [2.24, 2.45) is 0 Å². The van der Waals surface area contributed by atoms with Crippen molar-refractivity contribution in [3.63, 3.8) is 0 Å². The Morgan fingerprint density at radius 1 is 1.31 bits per heavy atom. The lowest BCUT2D eigenvalue weighted by molar-refractivity contribution is 0.359. The molecule has 13 heavy (non-hydrogen) atoms. The number of benzene rings is 1. The third kappa shape index (κ3) is 1.87. The largest absolute Gasteiger partial charge is 0.369 e. The molecular formula is C11H13ClO. The Kier molecular flexibility index (Phi) is 2.31. The molecule has 70 valence electrons. The third-order valence-corrected chi connectivity index (χ3v) is 2.90. The normalized spacial score (nSPS) is 28.5. The molecule has 0 spiro atoms. The van der Waals surface area contributed by atoms with E-state index in [0.29, 0.717) is 18.1 Å². The highest BCUT2D eigenvalue weighted by molar-refractivity contribution is 6.30. The minimum atomic E-state index is 0.404. The highest BCUT2D eigenvalue weighted by Crippen LogP contribution is 2.35. The first kappa shape index (κ1) is 9.04. The van der Waals surface area contributed by atoms with Gasteiger partial charge in [0.05, 0.1) is 12.2 Å². The zero-order valence-corrected chi connectivity index (χ0v) is 8.58. The topological polar surface area (TPSA) is 12.5 Å². The summed E-state index contributed by atoms with van der Waals surface area (Å²) in [7, 11) is 0. The second-order valence-corrected chi connectivity index (χ2v) is 4.08. The molecule has 0 aromatic heterocycles. The lowest BCUT2D eigenvalue weighted by Gasteiger charge is -2.08. The van der Waals surface area contributed by atoms with Gasteiger partial charge >= 0.3 is 0 Å². The summed E-state index contributed by atoms with van der Waals surface area (Å²) in [6, 6.07) is 8.00. The molecule has 1 aromatic carbocycles. The van der Waals surface area contributed by atoms with Gasteiger partial charge in [-0.3, -0.25) is 0 Å².